The first-order valence-electron chi connectivity index (χ1n) is 5.87. The molecule has 0 radical (unpaired) electrons. The lowest BCUT2D eigenvalue weighted by Crippen LogP contribution is -2.05. The minimum absolute atomic E-state index is 0.0613. The van der Waals surface area contributed by atoms with Crippen LogP contribution in [0.25, 0.3) is 4.85 Å². The number of nitriles is 1. The summed E-state index contributed by atoms with van der Waals surface area (Å²) in [6, 6.07) is 4.84. The van der Waals surface area contributed by atoms with Gasteiger partial charge < -0.3 is 9.47 Å². The molecule has 0 aliphatic carbocycles. The van der Waals surface area contributed by atoms with Crippen LogP contribution in [0.15, 0.2) is 31.9 Å². The van der Waals surface area contributed by atoms with Gasteiger partial charge in [0.25, 0.3) is 5.70 Å². The number of allylic oxidation sites excluding steroid dienone is 1. The normalized spacial score (nSPS) is 11.9. The van der Waals surface area contributed by atoms with Crippen molar-refractivity contribution in [1.29, 1.82) is 5.26 Å². The number of carbonyl (C=O) groups is 2. The standard InChI is InChI=1S/C14H8N2O4S2/c1-7(17)19-10-4-5-11(20-8(2)18)13-12(10)21-14(22-13)9(6-15)16-3/h4-5H,1-2H3. The molecule has 1 aliphatic rings. The van der Waals surface area contributed by atoms with Crippen LogP contribution in [0.2, 0.25) is 0 Å². The lowest BCUT2D eigenvalue weighted by atomic mass is 10.3. The number of carbonyl (C=O) groups excluding carboxylic acids is 2. The predicted octanol–water partition coefficient (Wildman–Crippen LogP) is 3.35. The van der Waals surface area contributed by atoms with Crippen LogP contribution in [0.5, 0.6) is 11.5 Å². The lowest BCUT2D eigenvalue weighted by Gasteiger charge is -2.10. The van der Waals surface area contributed by atoms with Crippen molar-refractivity contribution < 1.29 is 19.1 Å². The molecule has 1 aliphatic heterocycles. The van der Waals surface area contributed by atoms with Crippen molar-refractivity contribution in [3.8, 4) is 17.6 Å². The highest BCUT2D eigenvalue weighted by Gasteiger charge is 2.29. The molecule has 0 saturated heterocycles. The van der Waals surface area contributed by atoms with Crippen molar-refractivity contribution in [3.05, 3.63) is 33.5 Å². The molecule has 1 aromatic carbocycles. The van der Waals surface area contributed by atoms with Crippen LogP contribution in [-0.4, -0.2) is 11.9 Å². The first kappa shape index (κ1) is 16.0. The van der Waals surface area contributed by atoms with Crippen molar-refractivity contribution in [3.63, 3.8) is 0 Å². The van der Waals surface area contributed by atoms with Crippen LogP contribution in [0.1, 0.15) is 13.8 Å². The molecule has 0 N–H and O–H groups in total. The average molecular weight is 332 g/mol. The Hall–Kier alpha value is -2.42. The highest BCUT2D eigenvalue weighted by Crippen LogP contribution is 2.58. The Kier molecular flexibility index (Phi) is 4.76. The predicted molar refractivity (Wildman–Crippen MR) is 80.0 cm³/mol. The second kappa shape index (κ2) is 6.56. The van der Waals surface area contributed by atoms with Gasteiger partial charge in [0.1, 0.15) is 11.5 Å². The quantitative estimate of drug-likeness (QED) is 0.355. The smallest absolute Gasteiger partial charge is 0.308 e. The molecule has 0 amide bonds. The molecule has 6 nitrogen and oxygen atoms in total. The Morgan fingerprint density at radius 1 is 1.14 bits per heavy atom. The zero-order valence-electron chi connectivity index (χ0n) is 11.5. The Labute approximate surface area is 134 Å². The highest BCUT2D eigenvalue weighted by molar-refractivity contribution is 8.24. The fourth-order valence-corrected chi connectivity index (χ4v) is 4.08. The lowest BCUT2D eigenvalue weighted by molar-refractivity contribution is -0.133. The molecular weight excluding hydrogens is 324 g/mol. The van der Waals surface area contributed by atoms with Crippen molar-refractivity contribution in [2.45, 2.75) is 23.6 Å². The van der Waals surface area contributed by atoms with Gasteiger partial charge in [0.05, 0.1) is 26.7 Å². The van der Waals surface area contributed by atoms with Crippen molar-refractivity contribution in [2.75, 3.05) is 0 Å². The summed E-state index contributed by atoms with van der Waals surface area (Å²) in [5.41, 5.74) is -0.0613. The summed E-state index contributed by atoms with van der Waals surface area (Å²) in [4.78, 5) is 26.6. The van der Waals surface area contributed by atoms with E-state index in [0.717, 1.165) is 23.5 Å². The number of rotatable bonds is 2. The van der Waals surface area contributed by atoms with Gasteiger partial charge in [-0.15, -0.1) is 0 Å². The summed E-state index contributed by atoms with van der Waals surface area (Å²) in [5.74, 6) is -0.381. The Balaban J connectivity index is 2.55. The van der Waals surface area contributed by atoms with Crippen LogP contribution < -0.4 is 9.47 Å². The monoisotopic (exact) mass is 332 g/mol. The van der Waals surface area contributed by atoms with Gasteiger partial charge in [-0.05, 0) is 12.1 Å². The second-order valence-corrected chi connectivity index (χ2v) is 6.27. The summed E-state index contributed by atoms with van der Waals surface area (Å²) in [7, 11) is 0. The first-order chi connectivity index (χ1) is 10.5. The third-order valence-electron chi connectivity index (χ3n) is 2.35. The maximum atomic E-state index is 11.2. The van der Waals surface area contributed by atoms with E-state index in [1.807, 2.05) is 6.07 Å². The number of hydrogen-bond acceptors (Lipinski definition) is 7. The summed E-state index contributed by atoms with van der Waals surface area (Å²) in [6.07, 6.45) is 0. The molecule has 0 spiro atoms. The molecule has 2 rings (SSSR count). The molecule has 1 aromatic rings. The van der Waals surface area contributed by atoms with Gasteiger partial charge in [0.2, 0.25) is 0 Å². The molecule has 0 bridgehead atoms. The van der Waals surface area contributed by atoms with Crippen molar-refractivity contribution in [2.24, 2.45) is 0 Å². The van der Waals surface area contributed by atoms with Crippen LogP contribution >= 0.6 is 23.5 Å². The van der Waals surface area contributed by atoms with Gasteiger partial charge in [-0.1, -0.05) is 23.5 Å². The molecule has 0 fully saturated rings. The summed E-state index contributed by atoms with van der Waals surface area (Å²) in [5, 5.41) is 8.98. The van der Waals surface area contributed by atoms with Gasteiger partial charge in [0, 0.05) is 13.8 Å². The molecule has 8 heteroatoms. The van der Waals surface area contributed by atoms with E-state index in [0.29, 0.717) is 25.5 Å². The maximum Gasteiger partial charge on any atom is 0.308 e. The first-order valence-corrected chi connectivity index (χ1v) is 7.51. The van der Waals surface area contributed by atoms with Crippen molar-refractivity contribution in [1.82, 2.24) is 0 Å². The van der Waals surface area contributed by atoms with E-state index in [9.17, 15) is 9.59 Å². The topological polar surface area (TPSA) is 80.8 Å². The second-order valence-electron chi connectivity index (χ2n) is 3.97. The Bertz CT molecular complexity index is 724. The number of hydrogen-bond donors (Lipinski definition) is 0. The van der Waals surface area contributed by atoms with Crippen molar-refractivity contribution >= 4 is 35.5 Å². The Morgan fingerprint density at radius 2 is 1.59 bits per heavy atom. The van der Waals surface area contributed by atoms with E-state index in [2.05, 4.69) is 4.85 Å². The largest absolute Gasteiger partial charge is 0.425 e. The van der Waals surface area contributed by atoms with E-state index in [-0.39, 0.29) is 5.70 Å². The number of benzene rings is 1. The molecule has 1 heterocycles. The van der Waals surface area contributed by atoms with Gasteiger partial charge in [0.15, 0.2) is 0 Å². The minimum Gasteiger partial charge on any atom is -0.425 e. The highest BCUT2D eigenvalue weighted by atomic mass is 32.2. The summed E-state index contributed by atoms with van der Waals surface area (Å²) < 4.78 is 10.7. The fourth-order valence-electron chi connectivity index (χ4n) is 1.61. The van der Waals surface area contributed by atoms with E-state index in [1.165, 1.54) is 26.0 Å². The maximum absolute atomic E-state index is 11.2. The third-order valence-corrected chi connectivity index (χ3v) is 4.95. The molecule has 0 atom stereocenters. The molecule has 0 aromatic heterocycles. The van der Waals surface area contributed by atoms with Gasteiger partial charge in [-0.25, -0.2) is 10.1 Å². The number of ether oxygens (including phenoxy) is 2. The Morgan fingerprint density at radius 3 is 1.91 bits per heavy atom. The average Bonchev–Trinajstić information content (AvgIpc) is 2.87. The van der Waals surface area contributed by atoms with Gasteiger partial charge in [-0.3, -0.25) is 9.59 Å². The number of nitrogens with zero attached hydrogens (tertiary/aromatic N) is 2. The van der Waals surface area contributed by atoms with Gasteiger partial charge >= 0.3 is 11.9 Å². The fraction of sp³-hybridized carbons (Fsp3) is 0.143. The van der Waals surface area contributed by atoms with Gasteiger partial charge in [-0.2, -0.15) is 0 Å². The van der Waals surface area contributed by atoms with Crippen LogP contribution in [0, 0.1) is 17.9 Å². The SMILES string of the molecule is [C-]#[N+]C(C#N)=C1Sc2c(OC(C)=O)ccc(OC(C)=O)c2S1. The van der Waals surface area contributed by atoms with E-state index < -0.39 is 11.9 Å². The van der Waals surface area contributed by atoms with Crippen LogP contribution in [-0.2, 0) is 9.59 Å². The van der Waals surface area contributed by atoms with E-state index in [4.69, 9.17) is 21.3 Å². The van der Waals surface area contributed by atoms with Crippen LogP contribution in [0.3, 0.4) is 0 Å². The summed E-state index contributed by atoms with van der Waals surface area (Å²) >= 11 is 2.28. The molecule has 0 saturated carbocycles. The molecule has 0 unspecified atom stereocenters. The van der Waals surface area contributed by atoms with E-state index in [1.54, 1.807) is 0 Å². The molecule has 110 valence electrons. The van der Waals surface area contributed by atoms with E-state index >= 15 is 0 Å². The molecular formula is C14H8N2O4S2. The zero-order valence-corrected chi connectivity index (χ0v) is 13.1. The molecule has 22 heavy (non-hydrogen) atoms. The third kappa shape index (κ3) is 3.25. The minimum atomic E-state index is -0.490. The zero-order chi connectivity index (χ0) is 16.3. The number of esters is 2. The number of fused-ring (bicyclic) bond motifs is 1. The summed E-state index contributed by atoms with van der Waals surface area (Å²) in [6.45, 7) is 9.56. The number of thioether (sulfide) groups is 2. The van der Waals surface area contributed by atoms with Crippen LogP contribution in [0.4, 0.5) is 0 Å².